The first-order valence-corrected chi connectivity index (χ1v) is 7.19. The maximum atomic E-state index is 10.1. The first-order chi connectivity index (χ1) is 10.4. The molecule has 5 unspecified atom stereocenters. The molecule has 0 spiro atoms. The van der Waals surface area contributed by atoms with E-state index in [0.717, 1.165) is 0 Å². The molecule has 2 heterocycles. The van der Waals surface area contributed by atoms with Crippen molar-refractivity contribution in [3.63, 3.8) is 0 Å². The Hall–Kier alpha value is -0.620. The van der Waals surface area contributed by atoms with Crippen molar-refractivity contribution in [3.05, 3.63) is 11.6 Å². The van der Waals surface area contributed by atoms with E-state index in [4.69, 9.17) is 9.47 Å². The molecule has 3 rings (SSSR count). The molecule has 9 nitrogen and oxygen atoms in total. The van der Waals surface area contributed by atoms with Gasteiger partial charge in [0.15, 0.2) is 6.29 Å². The molecule has 0 aromatic carbocycles. The molecule has 22 heavy (non-hydrogen) atoms. The second-order valence-corrected chi connectivity index (χ2v) is 5.90. The molecule has 2 saturated heterocycles. The van der Waals surface area contributed by atoms with Gasteiger partial charge < -0.3 is 45.4 Å². The van der Waals surface area contributed by atoms with Crippen molar-refractivity contribution in [2.45, 2.75) is 55.0 Å². The Morgan fingerprint density at radius 3 is 2.45 bits per heavy atom. The van der Waals surface area contributed by atoms with E-state index in [1.165, 1.54) is 6.08 Å². The molecule has 0 saturated carbocycles. The number of aliphatic hydroxyl groups is 6. The number of fused-ring (bicyclic) bond motifs is 2. The third-order valence-corrected chi connectivity index (χ3v) is 4.51. The molecule has 126 valence electrons. The summed E-state index contributed by atoms with van der Waals surface area (Å²) in [6.45, 7) is -0.287. The molecule has 0 radical (unpaired) electrons. The third kappa shape index (κ3) is 2.58. The summed E-state index contributed by atoms with van der Waals surface area (Å²) in [5.41, 5.74) is 0.169. The molecule has 1 aliphatic carbocycles. The van der Waals surface area contributed by atoms with Crippen LogP contribution in [0.3, 0.4) is 0 Å². The van der Waals surface area contributed by atoms with Gasteiger partial charge in [-0.2, -0.15) is 0 Å². The van der Waals surface area contributed by atoms with E-state index < -0.39 is 61.6 Å². The van der Waals surface area contributed by atoms with Crippen LogP contribution in [0.2, 0.25) is 0 Å². The Labute approximate surface area is 126 Å². The highest BCUT2D eigenvalue weighted by atomic mass is 16.7. The molecule has 0 amide bonds. The fourth-order valence-corrected chi connectivity index (χ4v) is 3.17. The molecule has 7 N–H and O–H groups in total. The van der Waals surface area contributed by atoms with Crippen molar-refractivity contribution in [1.82, 2.24) is 5.32 Å². The van der Waals surface area contributed by atoms with Crippen LogP contribution in [0.25, 0.3) is 0 Å². The molecule has 0 aromatic heterocycles. The summed E-state index contributed by atoms with van der Waals surface area (Å²) in [7, 11) is 0. The lowest BCUT2D eigenvalue weighted by molar-refractivity contribution is -0.204. The summed E-state index contributed by atoms with van der Waals surface area (Å²) < 4.78 is 10.6. The van der Waals surface area contributed by atoms with Crippen molar-refractivity contribution in [2.75, 3.05) is 13.2 Å². The van der Waals surface area contributed by atoms with Crippen molar-refractivity contribution in [2.24, 2.45) is 0 Å². The maximum absolute atomic E-state index is 10.1. The Morgan fingerprint density at radius 1 is 1.05 bits per heavy atom. The lowest BCUT2D eigenvalue weighted by Gasteiger charge is -2.41. The number of hydrogen-bond donors (Lipinski definition) is 7. The van der Waals surface area contributed by atoms with E-state index in [9.17, 15) is 30.6 Å². The van der Waals surface area contributed by atoms with E-state index >= 15 is 0 Å². The summed E-state index contributed by atoms with van der Waals surface area (Å²) in [5, 5.41) is 61.8. The monoisotopic (exact) mass is 319 g/mol. The summed E-state index contributed by atoms with van der Waals surface area (Å²) in [5.74, 6) is 0. The lowest BCUT2D eigenvalue weighted by Crippen LogP contribution is -2.65. The molecule has 0 aromatic rings. The lowest BCUT2D eigenvalue weighted by atomic mass is 9.86. The molecular formula is C13H21NO8. The predicted octanol–water partition coefficient (Wildman–Crippen LogP) is -4.19. The van der Waals surface area contributed by atoms with E-state index in [2.05, 4.69) is 5.32 Å². The van der Waals surface area contributed by atoms with E-state index in [1.54, 1.807) is 0 Å². The zero-order valence-electron chi connectivity index (χ0n) is 11.7. The molecular weight excluding hydrogens is 298 g/mol. The predicted molar refractivity (Wildman–Crippen MR) is 70.5 cm³/mol. The highest BCUT2D eigenvalue weighted by Gasteiger charge is 2.51. The first-order valence-electron chi connectivity index (χ1n) is 7.19. The van der Waals surface area contributed by atoms with Crippen LogP contribution < -0.4 is 5.32 Å². The van der Waals surface area contributed by atoms with Gasteiger partial charge in [0.1, 0.15) is 36.6 Å². The number of aliphatic hydroxyl groups excluding tert-OH is 6. The second kappa shape index (κ2) is 6.11. The van der Waals surface area contributed by atoms with Gasteiger partial charge in [-0.15, -0.1) is 0 Å². The minimum Gasteiger partial charge on any atom is -0.392 e. The van der Waals surface area contributed by atoms with Crippen LogP contribution in [0.5, 0.6) is 0 Å². The van der Waals surface area contributed by atoms with Gasteiger partial charge in [-0.3, -0.25) is 0 Å². The average Bonchev–Trinajstić information content (AvgIpc) is 2.96. The Kier molecular flexibility index (Phi) is 4.52. The normalized spacial score (nSPS) is 51.7. The largest absolute Gasteiger partial charge is 0.392 e. The second-order valence-electron chi connectivity index (χ2n) is 5.90. The minimum absolute atomic E-state index is 0.169. The van der Waals surface area contributed by atoms with Gasteiger partial charge in [0.25, 0.3) is 0 Å². The van der Waals surface area contributed by atoms with Crippen molar-refractivity contribution < 1.29 is 40.1 Å². The standard InChI is InChI=1S/C13H21NO8/c15-2-4-1-5(9(17)11(19)8(4)16)14-7-6-3-21-13(22-6)12(20)10(7)18/h1,5-20H,2-3H2/t5?,6-,7+,8+,9?,10?,11?,12?,13-/m0/s1. The Bertz CT molecular complexity index is 446. The highest BCUT2D eigenvalue weighted by molar-refractivity contribution is 5.22. The Morgan fingerprint density at radius 2 is 1.77 bits per heavy atom. The molecule has 9 atom stereocenters. The number of hydrogen-bond acceptors (Lipinski definition) is 9. The van der Waals surface area contributed by atoms with E-state index in [-0.39, 0.29) is 12.2 Å². The van der Waals surface area contributed by atoms with Gasteiger partial charge in [0.2, 0.25) is 0 Å². The van der Waals surface area contributed by atoms with Crippen LogP contribution in [-0.4, -0.2) is 98.9 Å². The van der Waals surface area contributed by atoms with Crippen molar-refractivity contribution in [1.29, 1.82) is 0 Å². The molecule has 3 aliphatic rings. The fraction of sp³-hybridized carbons (Fsp3) is 0.846. The average molecular weight is 319 g/mol. The quantitative estimate of drug-likeness (QED) is 0.257. The van der Waals surface area contributed by atoms with Crippen LogP contribution in [-0.2, 0) is 9.47 Å². The third-order valence-electron chi connectivity index (χ3n) is 4.51. The highest BCUT2D eigenvalue weighted by Crippen LogP contribution is 2.29. The first kappa shape index (κ1) is 16.2. The Balaban J connectivity index is 1.78. The maximum Gasteiger partial charge on any atom is 0.186 e. The summed E-state index contributed by atoms with van der Waals surface area (Å²) in [6.07, 6.45) is -6.53. The van der Waals surface area contributed by atoms with Gasteiger partial charge in [0.05, 0.1) is 25.3 Å². The van der Waals surface area contributed by atoms with Gasteiger partial charge in [0, 0.05) is 0 Å². The zero-order chi connectivity index (χ0) is 16.0. The van der Waals surface area contributed by atoms with Crippen molar-refractivity contribution >= 4 is 0 Å². The number of nitrogens with one attached hydrogen (secondary N) is 1. The van der Waals surface area contributed by atoms with Crippen LogP contribution in [0.1, 0.15) is 0 Å². The molecule has 9 heteroatoms. The topological polar surface area (TPSA) is 152 Å². The zero-order valence-corrected chi connectivity index (χ0v) is 11.7. The SMILES string of the molecule is OCC1=CC(N[C@H]2C(O)C(O)[C@H]3OC[C@@H]2O3)C(O)C(O)[C@@H]1O. The van der Waals surface area contributed by atoms with Crippen LogP contribution in [0.15, 0.2) is 11.6 Å². The smallest absolute Gasteiger partial charge is 0.186 e. The molecule has 2 fully saturated rings. The minimum atomic E-state index is -1.47. The summed E-state index contributed by atoms with van der Waals surface area (Å²) in [4.78, 5) is 0. The van der Waals surface area contributed by atoms with Gasteiger partial charge in [-0.05, 0) is 5.57 Å². The van der Waals surface area contributed by atoms with E-state index in [0.29, 0.717) is 0 Å². The van der Waals surface area contributed by atoms with Gasteiger partial charge in [-0.25, -0.2) is 0 Å². The van der Waals surface area contributed by atoms with Gasteiger partial charge >= 0.3 is 0 Å². The van der Waals surface area contributed by atoms with Crippen LogP contribution >= 0.6 is 0 Å². The van der Waals surface area contributed by atoms with Gasteiger partial charge in [-0.1, -0.05) is 6.08 Å². The summed E-state index contributed by atoms with van der Waals surface area (Å²) >= 11 is 0. The summed E-state index contributed by atoms with van der Waals surface area (Å²) in [6, 6.07) is -1.56. The number of rotatable bonds is 3. The molecule has 2 aliphatic heterocycles. The van der Waals surface area contributed by atoms with Crippen LogP contribution in [0, 0.1) is 0 Å². The van der Waals surface area contributed by atoms with Crippen molar-refractivity contribution in [3.8, 4) is 0 Å². The van der Waals surface area contributed by atoms with E-state index in [1.807, 2.05) is 0 Å². The van der Waals surface area contributed by atoms with Crippen LogP contribution in [0.4, 0.5) is 0 Å². The molecule has 2 bridgehead atoms. The number of ether oxygens (including phenoxy) is 2. The fourth-order valence-electron chi connectivity index (χ4n) is 3.17.